The third kappa shape index (κ3) is 10.4. The first kappa shape index (κ1) is 17.8. The number of rotatable bonds is 12. The topological polar surface area (TPSA) is 27.7 Å². The Kier molecular flexibility index (Phi) is 12.4. The van der Waals surface area contributed by atoms with Crippen LogP contribution in [0.3, 0.4) is 0 Å². The number of hydrogen-bond donors (Lipinski definition) is 0. The van der Waals surface area contributed by atoms with Gasteiger partial charge in [-0.2, -0.15) is 0 Å². The van der Waals surface area contributed by atoms with Crippen LogP contribution in [0, 0.1) is 0 Å². The summed E-state index contributed by atoms with van der Waals surface area (Å²) in [6.45, 7) is 6.30. The Morgan fingerprint density at radius 2 is 1.00 bits per heavy atom. The molecule has 0 aliphatic carbocycles. The molecule has 0 amide bonds. The van der Waals surface area contributed by atoms with Gasteiger partial charge in [0.25, 0.3) is 0 Å². The van der Waals surface area contributed by atoms with Gasteiger partial charge in [-0.25, -0.2) is 0 Å². The third-order valence-corrected chi connectivity index (χ3v) is 5.55. The first-order valence-electron chi connectivity index (χ1n) is 6.70. The van der Waals surface area contributed by atoms with Crippen LogP contribution in [0.25, 0.3) is 0 Å². The Hall–Kier alpha value is 0.790. The van der Waals surface area contributed by atoms with E-state index in [1.165, 1.54) is 0 Å². The lowest BCUT2D eigenvalue weighted by Gasteiger charge is -2.28. The molecule has 0 unspecified atom stereocenters. The fourth-order valence-electron chi connectivity index (χ4n) is 1.07. The standard InChI is InChI=1S/C12H27BrO3P/c1-4-7-10-14-17(13,15-11-8-5-2)16-12-9-6-3/h4-12H2,1-3H3. The Morgan fingerprint density at radius 1 is 0.706 bits per heavy atom. The molecule has 3 nitrogen and oxygen atoms in total. The molecule has 105 valence electrons. The molecule has 0 rings (SSSR count). The highest BCUT2D eigenvalue weighted by molar-refractivity contribution is 9.40. The van der Waals surface area contributed by atoms with Gasteiger partial charge in [0.2, 0.25) is 0 Å². The van der Waals surface area contributed by atoms with Crippen molar-refractivity contribution in [2.45, 2.75) is 59.3 Å². The Morgan fingerprint density at radius 3 is 1.24 bits per heavy atom. The van der Waals surface area contributed by atoms with Crippen molar-refractivity contribution in [3.8, 4) is 0 Å². The second kappa shape index (κ2) is 11.9. The van der Waals surface area contributed by atoms with Crippen molar-refractivity contribution < 1.29 is 13.6 Å². The summed E-state index contributed by atoms with van der Waals surface area (Å²) < 4.78 is 17.2. The Balaban J connectivity index is 3.95. The number of halogens is 1. The van der Waals surface area contributed by atoms with Crippen molar-refractivity contribution in [1.82, 2.24) is 0 Å². The maximum Gasteiger partial charge on any atom is 0.302 e. The van der Waals surface area contributed by atoms with Crippen LogP contribution in [0.15, 0.2) is 0 Å². The zero-order valence-electron chi connectivity index (χ0n) is 11.4. The van der Waals surface area contributed by atoms with Gasteiger partial charge in [-0.15, -0.1) is 0 Å². The van der Waals surface area contributed by atoms with Gasteiger partial charge in [-0.3, -0.25) is 0 Å². The maximum atomic E-state index is 5.75. The van der Waals surface area contributed by atoms with Crippen molar-refractivity contribution in [2.24, 2.45) is 0 Å². The van der Waals surface area contributed by atoms with Crippen molar-refractivity contribution in [3.05, 3.63) is 0 Å². The van der Waals surface area contributed by atoms with Gasteiger partial charge in [0.1, 0.15) is 0 Å². The molecule has 0 N–H and O–H groups in total. The quantitative estimate of drug-likeness (QED) is 0.349. The molecule has 0 fully saturated rings. The van der Waals surface area contributed by atoms with Crippen molar-refractivity contribution >= 4 is 22.1 Å². The van der Waals surface area contributed by atoms with E-state index in [2.05, 4.69) is 36.3 Å². The van der Waals surface area contributed by atoms with Gasteiger partial charge in [0.05, 0.1) is 19.8 Å². The molecule has 0 aliphatic heterocycles. The summed E-state index contributed by atoms with van der Waals surface area (Å²) in [6.07, 6.45) is 6.50. The fourth-order valence-corrected chi connectivity index (χ4v) is 3.63. The normalized spacial score (nSPS) is 12.0. The van der Waals surface area contributed by atoms with E-state index in [-0.39, 0.29) is 0 Å². The second-order valence-electron chi connectivity index (χ2n) is 3.99. The molecule has 17 heavy (non-hydrogen) atoms. The van der Waals surface area contributed by atoms with E-state index in [4.69, 9.17) is 13.6 Å². The Bertz CT molecular complexity index is 143. The van der Waals surface area contributed by atoms with Gasteiger partial charge in [0.15, 0.2) is 0 Å². The zero-order valence-corrected chi connectivity index (χ0v) is 13.9. The average molecular weight is 330 g/mol. The molecule has 1 radical (unpaired) electrons. The van der Waals surface area contributed by atoms with Gasteiger partial charge < -0.3 is 13.6 Å². The molecule has 0 saturated carbocycles. The molecule has 0 spiro atoms. The molecule has 0 atom stereocenters. The van der Waals surface area contributed by atoms with Crippen LogP contribution in [0.2, 0.25) is 0 Å². The van der Waals surface area contributed by atoms with Crippen LogP contribution >= 0.6 is 22.1 Å². The van der Waals surface area contributed by atoms with Crippen LogP contribution in [0.1, 0.15) is 59.3 Å². The summed E-state index contributed by atoms with van der Waals surface area (Å²) in [5, 5.41) is 0. The Labute approximate surface area is 115 Å². The van der Waals surface area contributed by atoms with E-state index >= 15 is 0 Å². The van der Waals surface area contributed by atoms with Crippen molar-refractivity contribution in [1.29, 1.82) is 0 Å². The molecule has 0 saturated heterocycles. The highest BCUT2D eigenvalue weighted by Crippen LogP contribution is 2.69. The SMILES string of the molecule is CCCCO[P](Br)(OCCCC)OCCCC. The average Bonchev–Trinajstić information content (AvgIpc) is 2.30. The first-order valence-corrected chi connectivity index (χ1v) is 10.3. The molecular formula is C12H27BrO3P. The molecule has 5 heteroatoms. The summed E-state index contributed by atoms with van der Waals surface area (Å²) >= 11 is 3.52. The molecule has 0 bridgehead atoms. The highest BCUT2D eigenvalue weighted by Gasteiger charge is 2.28. The van der Waals surface area contributed by atoms with Gasteiger partial charge in [-0.1, -0.05) is 40.0 Å². The number of unbranched alkanes of at least 4 members (excludes halogenated alkanes) is 3. The monoisotopic (exact) mass is 329 g/mol. The van der Waals surface area contributed by atoms with Gasteiger partial charge >= 0.3 is 6.65 Å². The molecule has 0 heterocycles. The van der Waals surface area contributed by atoms with E-state index in [0.717, 1.165) is 38.5 Å². The van der Waals surface area contributed by atoms with Gasteiger partial charge in [-0.05, 0) is 19.3 Å². The van der Waals surface area contributed by atoms with Crippen LogP contribution < -0.4 is 0 Å². The summed E-state index contributed by atoms with van der Waals surface area (Å²) in [5.74, 6) is 0. The minimum absolute atomic E-state index is 0.702. The van der Waals surface area contributed by atoms with Crippen LogP contribution in [-0.4, -0.2) is 19.8 Å². The lowest BCUT2D eigenvalue weighted by molar-refractivity contribution is 0.150. The molecular weight excluding hydrogens is 303 g/mol. The fraction of sp³-hybridized carbons (Fsp3) is 1.00. The predicted molar refractivity (Wildman–Crippen MR) is 78.4 cm³/mol. The molecule has 0 aromatic rings. The van der Waals surface area contributed by atoms with E-state index in [0.29, 0.717) is 19.8 Å². The minimum atomic E-state index is -2.25. The third-order valence-electron chi connectivity index (χ3n) is 2.23. The van der Waals surface area contributed by atoms with E-state index in [1.54, 1.807) is 0 Å². The smallest absolute Gasteiger partial charge is 0.302 e. The summed E-state index contributed by atoms with van der Waals surface area (Å²) in [4.78, 5) is 0. The second-order valence-corrected chi connectivity index (χ2v) is 8.23. The molecule has 0 aliphatic rings. The van der Waals surface area contributed by atoms with Crippen molar-refractivity contribution in [3.63, 3.8) is 0 Å². The van der Waals surface area contributed by atoms with E-state index < -0.39 is 6.65 Å². The summed E-state index contributed by atoms with van der Waals surface area (Å²) in [5.41, 5.74) is 0. The lowest BCUT2D eigenvalue weighted by atomic mass is 10.4. The van der Waals surface area contributed by atoms with E-state index in [1.807, 2.05) is 0 Å². The number of hydrogen-bond acceptors (Lipinski definition) is 3. The van der Waals surface area contributed by atoms with Crippen LogP contribution in [-0.2, 0) is 13.6 Å². The minimum Gasteiger partial charge on any atom is -0.312 e. The molecule has 0 aromatic heterocycles. The lowest BCUT2D eigenvalue weighted by Crippen LogP contribution is -2.05. The van der Waals surface area contributed by atoms with Crippen LogP contribution in [0.5, 0.6) is 0 Å². The molecule has 0 aromatic carbocycles. The maximum absolute atomic E-state index is 5.75. The summed E-state index contributed by atoms with van der Waals surface area (Å²) in [7, 11) is 0. The highest BCUT2D eigenvalue weighted by atomic mass is 79.9. The largest absolute Gasteiger partial charge is 0.312 e. The van der Waals surface area contributed by atoms with E-state index in [9.17, 15) is 0 Å². The van der Waals surface area contributed by atoms with Crippen molar-refractivity contribution in [2.75, 3.05) is 19.8 Å². The predicted octanol–water partition coefficient (Wildman–Crippen LogP) is 5.51. The van der Waals surface area contributed by atoms with Gasteiger partial charge in [0, 0.05) is 15.5 Å². The summed E-state index contributed by atoms with van der Waals surface area (Å²) in [6, 6.07) is 0. The first-order chi connectivity index (χ1) is 8.18. The van der Waals surface area contributed by atoms with Crippen LogP contribution in [0.4, 0.5) is 0 Å². The zero-order chi connectivity index (χ0) is 13.0.